The van der Waals surface area contributed by atoms with E-state index in [1.807, 2.05) is 37.4 Å². The Morgan fingerprint density at radius 3 is 2.84 bits per heavy atom. The molecule has 1 saturated heterocycles. The quantitative estimate of drug-likeness (QED) is 0.881. The summed E-state index contributed by atoms with van der Waals surface area (Å²) in [6.07, 6.45) is 1.44. The molecular formula is C15H19N3O. The predicted molar refractivity (Wildman–Crippen MR) is 73.3 cm³/mol. The molecule has 0 bridgehead atoms. The van der Waals surface area contributed by atoms with Crippen LogP contribution in [0.25, 0.3) is 0 Å². The van der Waals surface area contributed by atoms with Gasteiger partial charge in [-0.25, -0.2) is 0 Å². The van der Waals surface area contributed by atoms with E-state index in [0.29, 0.717) is 6.42 Å². The maximum Gasteiger partial charge on any atom is 0.237 e. The van der Waals surface area contributed by atoms with Crippen LogP contribution >= 0.6 is 0 Å². The first-order chi connectivity index (χ1) is 9.19. The molecule has 2 rings (SSSR count). The summed E-state index contributed by atoms with van der Waals surface area (Å²) >= 11 is 0. The van der Waals surface area contributed by atoms with E-state index < -0.39 is 5.92 Å². The number of nitrogens with one attached hydrogen (secondary N) is 1. The number of amides is 1. The summed E-state index contributed by atoms with van der Waals surface area (Å²) in [5.74, 6) is -0.750. The average Bonchev–Trinajstić information content (AvgIpc) is 2.82. The van der Waals surface area contributed by atoms with Gasteiger partial charge < -0.3 is 10.2 Å². The van der Waals surface area contributed by atoms with Crippen LogP contribution in [-0.2, 0) is 11.2 Å². The molecule has 1 aliphatic rings. The Balaban J connectivity index is 1.91. The summed E-state index contributed by atoms with van der Waals surface area (Å²) in [6, 6.07) is 12.0. The van der Waals surface area contributed by atoms with Crippen LogP contribution in [-0.4, -0.2) is 37.0 Å². The number of hydrogen-bond acceptors (Lipinski definition) is 3. The third-order valence-corrected chi connectivity index (χ3v) is 3.49. The minimum atomic E-state index is -0.603. The molecule has 4 nitrogen and oxygen atoms in total. The van der Waals surface area contributed by atoms with E-state index in [9.17, 15) is 4.79 Å². The number of likely N-dealkylation sites (tertiary alicyclic amines) is 1. The van der Waals surface area contributed by atoms with Gasteiger partial charge in [0.15, 0.2) is 0 Å². The molecule has 1 aromatic rings. The Hall–Kier alpha value is -1.86. The lowest BCUT2D eigenvalue weighted by Crippen LogP contribution is -2.40. The molecule has 0 saturated carbocycles. The van der Waals surface area contributed by atoms with Crippen LogP contribution in [0.3, 0.4) is 0 Å². The number of carbonyl (C=O) groups is 1. The fourth-order valence-electron chi connectivity index (χ4n) is 2.40. The Kier molecular flexibility index (Phi) is 4.53. The molecule has 0 radical (unpaired) electrons. The number of rotatable bonds is 4. The fraction of sp³-hybridized carbons (Fsp3) is 0.467. The Labute approximate surface area is 114 Å². The second-order valence-corrected chi connectivity index (χ2v) is 5.13. The number of carbonyl (C=O) groups excluding carboxylic acids is 1. The van der Waals surface area contributed by atoms with E-state index in [1.54, 1.807) is 0 Å². The van der Waals surface area contributed by atoms with Gasteiger partial charge in [-0.15, -0.1) is 0 Å². The van der Waals surface area contributed by atoms with Gasteiger partial charge >= 0.3 is 0 Å². The van der Waals surface area contributed by atoms with Crippen LogP contribution in [0.15, 0.2) is 30.3 Å². The van der Waals surface area contributed by atoms with Crippen molar-refractivity contribution < 1.29 is 4.79 Å². The highest BCUT2D eigenvalue weighted by atomic mass is 16.1. The monoisotopic (exact) mass is 257 g/mol. The van der Waals surface area contributed by atoms with Crippen molar-refractivity contribution in [2.75, 3.05) is 20.1 Å². The summed E-state index contributed by atoms with van der Waals surface area (Å²) in [6.45, 7) is 1.87. The lowest BCUT2D eigenvalue weighted by Gasteiger charge is -2.15. The van der Waals surface area contributed by atoms with Crippen LogP contribution in [0.1, 0.15) is 12.0 Å². The van der Waals surface area contributed by atoms with Crippen molar-refractivity contribution in [3.8, 4) is 6.07 Å². The number of nitrogens with zero attached hydrogens (tertiary/aromatic N) is 2. The standard InChI is InChI=1S/C15H19N3O/c1-18-8-7-14(11-18)17-15(19)13(10-16)9-12-5-3-2-4-6-12/h2-6,13-14H,7-9,11H2,1H3,(H,17,19). The third-order valence-electron chi connectivity index (χ3n) is 3.49. The van der Waals surface area contributed by atoms with Gasteiger partial charge in [0, 0.05) is 12.6 Å². The normalized spacial score (nSPS) is 20.7. The van der Waals surface area contributed by atoms with Crippen molar-refractivity contribution in [2.24, 2.45) is 5.92 Å². The Bertz CT molecular complexity index is 466. The highest BCUT2D eigenvalue weighted by molar-refractivity contribution is 5.81. The van der Waals surface area contributed by atoms with Crippen molar-refractivity contribution in [1.29, 1.82) is 5.26 Å². The number of likely N-dealkylation sites (N-methyl/N-ethyl adjacent to an activating group) is 1. The molecule has 19 heavy (non-hydrogen) atoms. The Morgan fingerprint density at radius 2 is 2.26 bits per heavy atom. The summed E-state index contributed by atoms with van der Waals surface area (Å²) < 4.78 is 0. The van der Waals surface area contributed by atoms with Gasteiger partial charge in [0.25, 0.3) is 0 Å². The third kappa shape index (κ3) is 3.80. The molecule has 0 aliphatic carbocycles. The topological polar surface area (TPSA) is 56.1 Å². The first-order valence-electron chi connectivity index (χ1n) is 6.61. The van der Waals surface area contributed by atoms with E-state index in [4.69, 9.17) is 5.26 Å². The minimum absolute atomic E-state index is 0.147. The van der Waals surface area contributed by atoms with E-state index in [0.717, 1.165) is 25.1 Å². The smallest absolute Gasteiger partial charge is 0.237 e. The molecule has 1 N–H and O–H groups in total. The first-order valence-corrected chi connectivity index (χ1v) is 6.61. The molecule has 100 valence electrons. The van der Waals surface area contributed by atoms with Crippen LogP contribution in [0.4, 0.5) is 0 Å². The van der Waals surface area contributed by atoms with E-state index in [1.165, 1.54) is 0 Å². The van der Waals surface area contributed by atoms with Gasteiger partial charge in [-0.05, 0) is 32.0 Å². The zero-order chi connectivity index (χ0) is 13.7. The lowest BCUT2D eigenvalue weighted by molar-refractivity contribution is -0.124. The highest BCUT2D eigenvalue weighted by Crippen LogP contribution is 2.11. The molecule has 1 amide bonds. The maximum atomic E-state index is 12.1. The molecule has 1 aromatic carbocycles. The first kappa shape index (κ1) is 13.6. The van der Waals surface area contributed by atoms with Gasteiger partial charge in [0.05, 0.1) is 6.07 Å². The average molecular weight is 257 g/mol. The molecule has 2 atom stereocenters. The van der Waals surface area contributed by atoms with Crippen molar-refractivity contribution in [1.82, 2.24) is 10.2 Å². The largest absolute Gasteiger partial charge is 0.351 e. The van der Waals surface area contributed by atoms with Crippen molar-refractivity contribution >= 4 is 5.91 Å². The van der Waals surface area contributed by atoms with Gasteiger partial charge in [-0.1, -0.05) is 30.3 Å². The van der Waals surface area contributed by atoms with Crippen LogP contribution in [0.5, 0.6) is 0 Å². The van der Waals surface area contributed by atoms with E-state index >= 15 is 0 Å². The van der Waals surface area contributed by atoms with Gasteiger partial charge in [0.2, 0.25) is 5.91 Å². The van der Waals surface area contributed by atoms with E-state index in [-0.39, 0.29) is 11.9 Å². The zero-order valence-electron chi connectivity index (χ0n) is 11.2. The van der Waals surface area contributed by atoms with E-state index in [2.05, 4.69) is 16.3 Å². The maximum absolute atomic E-state index is 12.1. The molecule has 1 aliphatic heterocycles. The molecule has 0 aromatic heterocycles. The summed E-state index contributed by atoms with van der Waals surface area (Å²) in [5.41, 5.74) is 1.02. The fourth-order valence-corrected chi connectivity index (χ4v) is 2.40. The van der Waals surface area contributed by atoms with Crippen molar-refractivity contribution in [2.45, 2.75) is 18.9 Å². The van der Waals surface area contributed by atoms with Crippen LogP contribution in [0, 0.1) is 17.2 Å². The molecule has 4 heteroatoms. The number of nitriles is 1. The lowest BCUT2D eigenvalue weighted by atomic mass is 9.99. The highest BCUT2D eigenvalue weighted by Gasteiger charge is 2.25. The zero-order valence-corrected chi connectivity index (χ0v) is 11.2. The van der Waals surface area contributed by atoms with Crippen LogP contribution in [0.2, 0.25) is 0 Å². The minimum Gasteiger partial charge on any atom is -0.351 e. The summed E-state index contributed by atoms with van der Waals surface area (Å²) in [4.78, 5) is 14.3. The SMILES string of the molecule is CN1CCC(NC(=O)C(C#N)Cc2ccccc2)C1. The van der Waals surface area contributed by atoms with Crippen LogP contribution < -0.4 is 5.32 Å². The molecule has 2 unspecified atom stereocenters. The van der Waals surface area contributed by atoms with Crippen molar-refractivity contribution in [3.05, 3.63) is 35.9 Å². The van der Waals surface area contributed by atoms with Crippen molar-refractivity contribution in [3.63, 3.8) is 0 Å². The van der Waals surface area contributed by atoms with Gasteiger partial charge in [0.1, 0.15) is 5.92 Å². The number of benzene rings is 1. The number of hydrogen-bond donors (Lipinski definition) is 1. The molecule has 0 spiro atoms. The molecular weight excluding hydrogens is 238 g/mol. The summed E-state index contributed by atoms with van der Waals surface area (Å²) in [5, 5.41) is 12.1. The van der Waals surface area contributed by atoms with Gasteiger partial charge in [-0.3, -0.25) is 4.79 Å². The van der Waals surface area contributed by atoms with Gasteiger partial charge in [-0.2, -0.15) is 5.26 Å². The summed E-state index contributed by atoms with van der Waals surface area (Å²) in [7, 11) is 2.04. The predicted octanol–water partition coefficient (Wildman–Crippen LogP) is 1.19. The molecule has 1 fully saturated rings. The Morgan fingerprint density at radius 1 is 1.53 bits per heavy atom. The molecule has 1 heterocycles. The second-order valence-electron chi connectivity index (χ2n) is 5.13. The second kappa shape index (κ2) is 6.35.